The van der Waals surface area contributed by atoms with Crippen LogP contribution in [0.2, 0.25) is 0 Å². The third kappa shape index (κ3) is 2.97. The molecule has 1 atom stereocenters. The molecule has 0 aliphatic heterocycles. The first kappa shape index (κ1) is 11.5. The highest BCUT2D eigenvalue weighted by Gasteiger charge is 2.07. The van der Waals surface area contributed by atoms with E-state index in [0.29, 0.717) is 6.61 Å². The van der Waals surface area contributed by atoms with Crippen LogP contribution in [0.15, 0.2) is 24.3 Å². The average molecular weight is 212 g/mol. The van der Waals surface area contributed by atoms with E-state index in [1.54, 1.807) is 0 Å². The van der Waals surface area contributed by atoms with Crippen molar-refractivity contribution in [1.29, 1.82) is 0 Å². The number of rotatable bonds is 5. The fraction of sp³-hybridized carbons (Fsp3) is 0.455. The largest absolute Gasteiger partial charge is 0.327 e. The summed E-state index contributed by atoms with van der Waals surface area (Å²) in [6, 6.07) is 7.78. The van der Waals surface area contributed by atoms with Gasteiger partial charge in [-0.25, -0.2) is 0 Å². The lowest BCUT2D eigenvalue weighted by Gasteiger charge is -2.07. The van der Waals surface area contributed by atoms with Gasteiger partial charge in [0.15, 0.2) is 0 Å². The van der Waals surface area contributed by atoms with E-state index >= 15 is 0 Å². The topological polar surface area (TPSA) is 26.3 Å². The predicted molar refractivity (Wildman–Crippen MR) is 60.7 cm³/mol. The zero-order valence-electron chi connectivity index (χ0n) is 8.75. The van der Waals surface area contributed by atoms with Crippen LogP contribution in [0.3, 0.4) is 0 Å². The van der Waals surface area contributed by atoms with Crippen LogP contribution in [0, 0.1) is 0 Å². The van der Waals surface area contributed by atoms with Crippen LogP contribution in [0.4, 0.5) is 0 Å². The molecule has 2 nitrogen and oxygen atoms in total. The van der Waals surface area contributed by atoms with Gasteiger partial charge in [0, 0.05) is 5.30 Å². The van der Waals surface area contributed by atoms with Gasteiger partial charge < -0.3 is 4.52 Å². The maximum Gasteiger partial charge on any atom is 0.220 e. The molecule has 0 heterocycles. The molecular weight excluding hydrogens is 195 g/mol. The first-order valence-corrected chi connectivity index (χ1v) is 6.36. The molecule has 1 aromatic carbocycles. The van der Waals surface area contributed by atoms with E-state index in [-0.39, 0.29) is 0 Å². The monoisotopic (exact) mass is 212 g/mol. The summed E-state index contributed by atoms with van der Waals surface area (Å²) in [6.45, 7) is 4.66. The SMILES string of the molecule is CCCO[PH](=O)c1ccccc1CC. The van der Waals surface area contributed by atoms with Crippen molar-refractivity contribution in [2.75, 3.05) is 6.61 Å². The molecule has 0 fully saturated rings. The van der Waals surface area contributed by atoms with Gasteiger partial charge in [-0.3, -0.25) is 4.57 Å². The highest BCUT2D eigenvalue weighted by molar-refractivity contribution is 7.48. The number of hydrogen-bond donors (Lipinski definition) is 0. The summed E-state index contributed by atoms with van der Waals surface area (Å²) in [5, 5.41) is 0.883. The number of hydrogen-bond acceptors (Lipinski definition) is 2. The summed E-state index contributed by atoms with van der Waals surface area (Å²) in [5.74, 6) is 0. The molecule has 0 amide bonds. The van der Waals surface area contributed by atoms with E-state index in [9.17, 15) is 4.57 Å². The molecule has 0 saturated carbocycles. The second-order valence-corrected chi connectivity index (χ2v) is 4.55. The van der Waals surface area contributed by atoms with Gasteiger partial charge in [0.2, 0.25) is 8.03 Å². The van der Waals surface area contributed by atoms with E-state index < -0.39 is 8.03 Å². The van der Waals surface area contributed by atoms with Crippen molar-refractivity contribution >= 4 is 13.3 Å². The van der Waals surface area contributed by atoms with Crippen LogP contribution < -0.4 is 5.30 Å². The first-order valence-electron chi connectivity index (χ1n) is 5.04. The molecule has 0 spiro atoms. The van der Waals surface area contributed by atoms with Crippen molar-refractivity contribution in [2.45, 2.75) is 26.7 Å². The van der Waals surface area contributed by atoms with Crippen molar-refractivity contribution in [3.05, 3.63) is 29.8 Å². The van der Waals surface area contributed by atoms with Gasteiger partial charge in [0.05, 0.1) is 6.61 Å². The summed E-state index contributed by atoms with van der Waals surface area (Å²) < 4.78 is 17.0. The molecule has 0 bridgehead atoms. The Morgan fingerprint density at radius 2 is 2.00 bits per heavy atom. The average Bonchev–Trinajstić information content (AvgIpc) is 2.25. The molecule has 1 rings (SSSR count). The smallest absolute Gasteiger partial charge is 0.220 e. The Kier molecular flexibility index (Phi) is 4.92. The van der Waals surface area contributed by atoms with E-state index in [4.69, 9.17) is 4.52 Å². The molecule has 0 N–H and O–H groups in total. The summed E-state index contributed by atoms with van der Waals surface area (Å²) in [4.78, 5) is 0. The molecule has 78 valence electrons. The molecular formula is C11H17O2P. The third-order valence-electron chi connectivity index (χ3n) is 2.06. The minimum Gasteiger partial charge on any atom is -0.327 e. The Bertz CT molecular complexity index is 310. The second kappa shape index (κ2) is 6.00. The van der Waals surface area contributed by atoms with Crippen molar-refractivity contribution in [2.24, 2.45) is 0 Å². The standard InChI is InChI=1S/C11H17O2P/c1-3-9-13-14(12)11-8-6-5-7-10(11)4-2/h5-8,14H,3-4,9H2,1-2H3. The lowest BCUT2D eigenvalue weighted by atomic mass is 10.2. The summed E-state index contributed by atoms with van der Waals surface area (Å²) in [6.07, 6.45) is 1.81. The Hall–Kier alpha value is -0.590. The molecule has 0 aliphatic rings. The lowest BCUT2D eigenvalue weighted by molar-refractivity contribution is 0.334. The Balaban J connectivity index is 2.78. The summed E-state index contributed by atoms with van der Waals surface area (Å²) in [7, 11) is -2.02. The molecule has 0 aliphatic carbocycles. The summed E-state index contributed by atoms with van der Waals surface area (Å²) in [5.41, 5.74) is 1.13. The molecule has 1 aromatic rings. The maximum atomic E-state index is 11.7. The zero-order chi connectivity index (χ0) is 10.4. The van der Waals surface area contributed by atoms with E-state index in [1.807, 2.05) is 31.2 Å². The number of benzene rings is 1. The van der Waals surface area contributed by atoms with Crippen LogP contribution in [0.25, 0.3) is 0 Å². The highest BCUT2D eigenvalue weighted by atomic mass is 31.1. The minimum absolute atomic E-state index is 0.579. The quantitative estimate of drug-likeness (QED) is 0.701. The Morgan fingerprint density at radius 1 is 1.29 bits per heavy atom. The van der Waals surface area contributed by atoms with E-state index in [2.05, 4.69) is 6.92 Å². The van der Waals surface area contributed by atoms with Gasteiger partial charge in [-0.15, -0.1) is 0 Å². The summed E-state index contributed by atoms with van der Waals surface area (Å²) >= 11 is 0. The van der Waals surface area contributed by atoms with Crippen molar-refractivity contribution in [3.63, 3.8) is 0 Å². The first-order chi connectivity index (χ1) is 6.79. The van der Waals surface area contributed by atoms with Gasteiger partial charge >= 0.3 is 0 Å². The van der Waals surface area contributed by atoms with Crippen LogP contribution in [-0.2, 0) is 15.5 Å². The molecule has 3 heteroatoms. The van der Waals surface area contributed by atoms with Crippen molar-refractivity contribution in [3.8, 4) is 0 Å². The normalized spacial score (nSPS) is 12.7. The van der Waals surface area contributed by atoms with Gasteiger partial charge in [-0.1, -0.05) is 32.0 Å². The van der Waals surface area contributed by atoms with Crippen molar-refractivity contribution in [1.82, 2.24) is 0 Å². The lowest BCUT2D eigenvalue weighted by Crippen LogP contribution is -2.05. The predicted octanol–water partition coefficient (Wildman–Crippen LogP) is 2.78. The van der Waals surface area contributed by atoms with Crippen molar-refractivity contribution < 1.29 is 9.09 Å². The molecule has 0 aromatic heterocycles. The van der Waals surface area contributed by atoms with Gasteiger partial charge in [-0.2, -0.15) is 0 Å². The minimum atomic E-state index is -2.02. The molecule has 1 unspecified atom stereocenters. The Labute approximate surface area is 86.2 Å². The van der Waals surface area contributed by atoms with Gasteiger partial charge in [0.1, 0.15) is 0 Å². The molecule has 14 heavy (non-hydrogen) atoms. The van der Waals surface area contributed by atoms with Crippen LogP contribution in [-0.4, -0.2) is 6.61 Å². The third-order valence-corrected chi connectivity index (χ3v) is 3.45. The molecule has 0 radical (unpaired) electrons. The fourth-order valence-electron chi connectivity index (χ4n) is 1.30. The fourth-order valence-corrected chi connectivity index (χ4v) is 2.60. The maximum absolute atomic E-state index is 11.7. The molecule has 0 saturated heterocycles. The van der Waals surface area contributed by atoms with E-state index in [0.717, 1.165) is 23.7 Å². The Morgan fingerprint density at radius 3 is 2.64 bits per heavy atom. The number of aryl methyl sites for hydroxylation is 1. The van der Waals surface area contributed by atoms with Crippen LogP contribution >= 0.6 is 8.03 Å². The highest BCUT2D eigenvalue weighted by Crippen LogP contribution is 2.23. The van der Waals surface area contributed by atoms with Gasteiger partial charge in [0.25, 0.3) is 0 Å². The van der Waals surface area contributed by atoms with Crippen LogP contribution in [0.1, 0.15) is 25.8 Å². The second-order valence-electron chi connectivity index (χ2n) is 3.15. The van der Waals surface area contributed by atoms with Gasteiger partial charge in [-0.05, 0) is 24.5 Å². The zero-order valence-corrected chi connectivity index (χ0v) is 9.75. The van der Waals surface area contributed by atoms with E-state index in [1.165, 1.54) is 0 Å². The van der Waals surface area contributed by atoms with Crippen LogP contribution in [0.5, 0.6) is 0 Å².